The molecule has 2 aromatic carbocycles. The first kappa shape index (κ1) is 15.3. The maximum Gasteiger partial charge on any atom is 0.269 e. The summed E-state index contributed by atoms with van der Waals surface area (Å²) < 4.78 is 0. The lowest BCUT2D eigenvalue weighted by Crippen LogP contribution is -2.00. The summed E-state index contributed by atoms with van der Waals surface area (Å²) in [5.74, 6) is 0. The van der Waals surface area contributed by atoms with Crippen molar-refractivity contribution in [1.82, 2.24) is 4.98 Å². The van der Waals surface area contributed by atoms with E-state index in [4.69, 9.17) is 11.6 Å². The summed E-state index contributed by atoms with van der Waals surface area (Å²) in [6.07, 6.45) is 2.64. The Morgan fingerprint density at radius 1 is 1.04 bits per heavy atom. The molecule has 0 saturated heterocycles. The Hall–Kier alpha value is -2.63. The van der Waals surface area contributed by atoms with Crippen LogP contribution < -0.4 is 0 Å². The van der Waals surface area contributed by atoms with Crippen LogP contribution in [0.3, 0.4) is 0 Å². The van der Waals surface area contributed by atoms with Crippen LogP contribution in [-0.4, -0.2) is 15.0 Å². The van der Waals surface area contributed by atoms with Gasteiger partial charge in [-0.05, 0) is 35.4 Å². The lowest BCUT2D eigenvalue weighted by molar-refractivity contribution is -0.384. The number of H-pyrrole nitrogens is 1. The van der Waals surface area contributed by atoms with E-state index >= 15 is 0 Å². The number of aliphatic hydroxyl groups excluding tert-OH is 1. The minimum absolute atomic E-state index is 0.00653. The molecule has 0 radical (unpaired) electrons. The van der Waals surface area contributed by atoms with E-state index < -0.39 is 11.0 Å². The van der Waals surface area contributed by atoms with Gasteiger partial charge in [-0.15, -0.1) is 0 Å². The van der Waals surface area contributed by atoms with E-state index in [-0.39, 0.29) is 5.69 Å². The maximum atomic E-state index is 10.7. The number of aliphatic hydroxyl groups is 1. The summed E-state index contributed by atoms with van der Waals surface area (Å²) in [6, 6.07) is 13.2. The molecule has 0 aliphatic rings. The standard InChI is InChI=1S/C17H13ClN2O3/c18-13-5-1-11(2-6-13)15-9-19-10-16(15)17(21)12-3-7-14(8-4-12)20(22)23/h1-10,17,19,21H/t17-/m1/s1. The monoisotopic (exact) mass is 328 g/mol. The molecule has 2 N–H and O–H groups in total. The molecular weight excluding hydrogens is 316 g/mol. The summed E-state index contributed by atoms with van der Waals surface area (Å²) in [7, 11) is 0. The van der Waals surface area contributed by atoms with Crippen LogP contribution in [0.5, 0.6) is 0 Å². The third-order valence-electron chi connectivity index (χ3n) is 3.65. The number of non-ortho nitro benzene ring substituents is 1. The Morgan fingerprint density at radius 2 is 1.70 bits per heavy atom. The average molecular weight is 329 g/mol. The molecule has 1 atom stereocenters. The van der Waals surface area contributed by atoms with Gasteiger partial charge in [0.25, 0.3) is 5.69 Å². The number of benzene rings is 2. The minimum Gasteiger partial charge on any atom is -0.384 e. The van der Waals surface area contributed by atoms with Crippen LogP contribution in [0.2, 0.25) is 5.02 Å². The van der Waals surface area contributed by atoms with Crippen molar-refractivity contribution in [3.05, 3.63) is 87.2 Å². The van der Waals surface area contributed by atoms with E-state index in [0.717, 1.165) is 11.1 Å². The number of nitro groups is 1. The molecule has 3 aromatic rings. The van der Waals surface area contributed by atoms with Crippen molar-refractivity contribution in [3.63, 3.8) is 0 Å². The largest absolute Gasteiger partial charge is 0.384 e. The molecule has 23 heavy (non-hydrogen) atoms. The van der Waals surface area contributed by atoms with Crippen LogP contribution in [0.4, 0.5) is 5.69 Å². The lowest BCUT2D eigenvalue weighted by atomic mass is 9.97. The second-order valence-corrected chi connectivity index (χ2v) is 5.52. The second-order valence-electron chi connectivity index (χ2n) is 5.08. The van der Waals surface area contributed by atoms with Crippen LogP contribution in [0, 0.1) is 10.1 Å². The molecule has 5 nitrogen and oxygen atoms in total. The zero-order chi connectivity index (χ0) is 16.4. The topological polar surface area (TPSA) is 79.2 Å². The fraction of sp³-hybridized carbons (Fsp3) is 0.0588. The summed E-state index contributed by atoms with van der Waals surface area (Å²) in [5, 5.41) is 21.9. The number of nitro benzene ring substituents is 1. The van der Waals surface area contributed by atoms with E-state index in [1.54, 1.807) is 36.7 Å². The van der Waals surface area contributed by atoms with Gasteiger partial charge in [-0.25, -0.2) is 0 Å². The SMILES string of the molecule is O=[N+]([O-])c1ccc([C@@H](O)c2c[nH]cc2-c2ccc(Cl)cc2)cc1. The van der Waals surface area contributed by atoms with Crippen LogP contribution in [0.1, 0.15) is 17.2 Å². The number of nitrogens with one attached hydrogen (secondary N) is 1. The number of nitrogens with zero attached hydrogens (tertiary/aromatic N) is 1. The highest BCUT2D eigenvalue weighted by atomic mass is 35.5. The summed E-state index contributed by atoms with van der Waals surface area (Å²) in [4.78, 5) is 13.2. The van der Waals surface area contributed by atoms with E-state index in [9.17, 15) is 15.2 Å². The van der Waals surface area contributed by atoms with Crippen LogP contribution in [-0.2, 0) is 0 Å². The molecule has 0 amide bonds. The van der Waals surface area contributed by atoms with Crippen LogP contribution in [0.25, 0.3) is 11.1 Å². The number of hydrogen-bond donors (Lipinski definition) is 2. The molecule has 0 fully saturated rings. The van der Waals surface area contributed by atoms with Crippen molar-refractivity contribution in [3.8, 4) is 11.1 Å². The highest BCUT2D eigenvalue weighted by molar-refractivity contribution is 6.30. The number of halogens is 1. The van der Waals surface area contributed by atoms with Gasteiger partial charge in [0, 0.05) is 40.7 Å². The normalized spacial score (nSPS) is 12.1. The molecule has 1 aromatic heterocycles. The zero-order valence-electron chi connectivity index (χ0n) is 11.9. The van der Waals surface area contributed by atoms with E-state index in [1.165, 1.54) is 12.1 Å². The quantitative estimate of drug-likeness (QED) is 0.552. The van der Waals surface area contributed by atoms with Crippen molar-refractivity contribution in [2.75, 3.05) is 0 Å². The molecule has 116 valence electrons. The lowest BCUT2D eigenvalue weighted by Gasteiger charge is -2.12. The van der Waals surface area contributed by atoms with Gasteiger partial charge in [0.1, 0.15) is 6.10 Å². The first-order valence-corrected chi connectivity index (χ1v) is 7.29. The summed E-state index contributed by atoms with van der Waals surface area (Å²) in [6.45, 7) is 0. The van der Waals surface area contributed by atoms with Crippen molar-refractivity contribution in [2.24, 2.45) is 0 Å². The van der Waals surface area contributed by atoms with Crippen molar-refractivity contribution >= 4 is 17.3 Å². The van der Waals surface area contributed by atoms with Crippen molar-refractivity contribution in [1.29, 1.82) is 0 Å². The molecule has 0 aliphatic heterocycles. The van der Waals surface area contributed by atoms with Gasteiger partial charge in [0.2, 0.25) is 0 Å². The van der Waals surface area contributed by atoms with E-state index in [2.05, 4.69) is 4.98 Å². The molecule has 3 rings (SSSR count). The molecule has 1 heterocycles. The Labute approximate surface area is 137 Å². The predicted molar refractivity (Wildman–Crippen MR) is 88.4 cm³/mol. The minimum atomic E-state index is -0.882. The van der Waals surface area contributed by atoms with Gasteiger partial charge < -0.3 is 10.1 Å². The first-order valence-electron chi connectivity index (χ1n) is 6.91. The van der Waals surface area contributed by atoms with E-state index in [1.807, 2.05) is 12.1 Å². The van der Waals surface area contributed by atoms with Gasteiger partial charge in [0.05, 0.1) is 4.92 Å². The van der Waals surface area contributed by atoms with Gasteiger partial charge in [-0.3, -0.25) is 10.1 Å². The molecular formula is C17H13ClN2O3. The third-order valence-corrected chi connectivity index (χ3v) is 3.90. The number of aromatic amines is 1. The van der Waals surface area contributed by atoms with Gasteiger partial charge in [0.15, 0.2) is 0 Å². The molecule has 0 saturated carbocycles. The first-order chi connectivity index (χ1) is 11.1. The fourth-order valence-corrected chi connectivity index (χ4v) is 2.57. The van der Waals surface area contributed by atoms with Crippen LogP contribution >= 0.6 is 11.6 Å². The number of aromatic nitrogens is 1. The Bertz CT molecular complexity index is 826. The number of hydrogen-bond acceptors (Lipinski definition) is 3. The fourth-order valence-electron chi connectivity index (χ4n) is 2.44. The Morgan fingerprint density at radius 3 is 2.30 bits per heavy atom. The molecule has 0 aliphatic carbocycles. The number of rotatable bonds is 4. The predicted octanol–water partition coefficient (Wildman–Crippen LogP) is 4.33. The van der Waals surface area contributed by atoms with Crippen LogP contribution in [0.15, 0.2) is 60.9 Å². The Balaban J connectivity index is 1.94. The average Bonchev–Trinajstić information content (AvgIpc) is 3.04. The van der Waals surface area contributed by atoms with E-state index in [0.29, 0.717) is 16.1 Å². The highest BCUT2D eigenvalue weighted by Crippen LogP contribution is 2.32. The Kier molecular flexibility index (Phi) is 4.14. The highest BCUT2D eigenvalue weighted by Gasteiger charge is 2.17. The summed E-state index contributed by atoms with van der Waals surface area (Å²) in [5.41, 5.74) is 3.05. The third kappa shape index (κ3) is 3.11. The molecule has 0 spiro atoms. The second kappa shape index (κ2) is 6.24. The van der Waals surface area contributed by atoms with Crippen molar-refractivity contribution in [2.45, 2.75) is 6.10 Å². The maximum absolute atomic E-state index is 10.7. The van der Waals surface area contributed by atoms with Gasteiger partial charge in [-0.1, -0.05) is 23.7 Å². The van der Waals surface area contributed by atoms with Gasteiger partial charge >= 0.3 is 0 Å². The smallest absolute Gasteiger partial charge is 0.269 e. The molecule has 0 bridgehead atoms. The zero-order valence-corrected chi connectivity index (χ0v) is 12.7. The summed E-state index contributed by atoms with van der Waals surface area (Å²) >= 11 is 5.90. The molecule has 6 heteroatoms. The van der Waals surface area contributed by atoms with Gasteiger partial charge in [-0.2, -0.15) is 0 Å². The van der Waals surface area contributed by atoms with Crippen molar-refractivity contribution < 1.29 is 10.0 Å². The molecule has 0 unspecified atom stereocenters.